The molecule has 0 fully saturated rings. The smallest absolute Gasteiger partial charge is 0.251 e. The molecule has 74 valence electrons. The molecular formula is C7H15F2NO2. The third kappa shape index (κ3) is 4.58. The first-order valence-electron chi connectivity index (χ1n) is 3.82. The average molecular weight is 183 g/mol. The Kier molecular flexibility index (Phi) is 5.28. The molecule has 0 saturated carbocycles. The summed E-state index contributed by atoms with van der Waals surface area (Å²) in [7, 11) is 0. The molecule has 1 atom stereocenters. The van der Waals surface area contributed by atoms with Crippen molar-refractivity contribution in [2.45, 2.75) is 12.8 Å². The minimum absolute atomic E-state index is 0.0144. The Hall–Kier alpha value is -0.260. The van der Waals surface area contributed by atoms with Gasteiger partial charge in [-0.25, -0.2) is 8.78 Å². The maximum atomic E-state index is 12.6. The number of halogens is 2. The van der Waals surface area contributed by atoms with Crippen LogP contribution < -0.4 is 5.32 Å². The van der Waals surface area contributed by atoms with Gasteiger partial charge in [0.15, 0.2) is 0 Å². The van der Waals surface area contributed by atoms with Crippen LogP contribution in [0.1, 0.15) is 6.92 Å². The van der Waals surface area contributed by atoms with Gasteiger partial charge in [0.1, 0.15) is 0 Å². The second kappa shape index (κ2) is 5.40. The summed E-state index contributed by atoms with van der Waals surface area (Å²) in [6.45, 7) is 0.414. The highest BCUT2D eigenvalue weighted by molar-refractivity contribution is 4.73. The van der Waals surface area contributed by atoms with Crippen LogP contribution in [0.15, 0.2) is 0 Å². The van der Waals surface area contributed by atoms with E-state index in [9.17, 15) is 8.78 Å². The molecule has 0 aromatic heterocycles. The van der Waals surface area contributed by atoms with Crippen molar-refractivity contribution in [3.8, 4) is 0 Å². The van der Waals surface area contributed by atoms with E-state index in [0.717, 1.165) is 6.92 Å². The van der Waals surface area contributed by atoms with Crippen molar-refractivity contribution in [2.75, 3.05) is 26.3 Å². The second-order valence-electron chi connectivity index (χ2n) is 2.76. The Bertz CT molecular complexity index is 116. The summed E-state index contributed by atoms with van der Waals surface area (Å²) in [5.41, 5.74) is 0. The average Bonchev–Trinajstić information content (AvgIpc) is 1.95. The monoisotopic (exact) mass is 183 g/mol. The van der Waals surface area contributed by atoms with Crippen molar-refractivity contribution >= 4 is 0 Å². The molecule has 0 aliphatic heterocycles. The maximum Gasteiger partial charge on any atom is 0.251 e. The number of rotatable bonds is 6. The fourth-order valence-electron chi connectivity index (χ4n) is 0.759. The standard InChI is InChI=1S/C7H15F2NO2/c1-7(8,9)6(5-12)4-10-2-3-11/h6,10-12H,2-5H2,1H3. The molecule has 0 saturated heterocycles. The predicted molar refractivity (Wildman–Crippen MR) is 41.2 cm³/mol. The van der Waals surface area contributed by atoms with E-state index in [1.54, 1.807) is 0 Å². The van der Waals surface area contributed by atoms with Crippen LogP contribution in [0.5, 0.6) is 0 Å². The van der Waals surface area contributed by atoms with E-state index in [0.29, 0.717) is 0 Å². The molecule has 5 heteroatoms. The van der Waals surface area contributed by atoms with Gasteiger partial charge in [0.05, 0.1) is 19.1 Å². The summed E-state index contributed by atoms with van der Waals surface area (Å²) in [4.78, 5) is 0. The molecular weight excluding hydrogens is 168 g/mol. The van der Waals surface area contributed by atoms with Gasteiger partial charge in [-0.3, -0.25) is 0 Å². The molecule has 1 unspecified atom stereocenters. The van der Waals surface area contributed by atoms with Crippen LogP contribution >= 0.6 is 0 Å². The molecule has 12 heavy (non-hydrogen) atoms. The molecule has 0 radical (unpaired) electrons. The molecule has 0 spiro atoms. The molecule has 3 N–H and O–H groups in total. The minimum Gasteiger partial charge on any atom is -0.396 e. The van der Waals surface area contributed by atoms with Crippen LogP contribution in [0.3, 0.4) is 0 Å². The topological polar surface area (TPSA) is 52.5 Å². The SMILES string of the molecule is CC(F)(F)C(CO)CNCCO. The molecule has 0 aliphatic carbocycles. The van der Waals surface area contributed by atoms with E-state index >= 15 is 0 Å². The van der Waals surface area contributed by atoms with E-state index in [2.05, 4.69) is 5.32 Å². The zero-order valence-electron chi connectivity index (χ0n) is 7.06. The Morgan fingerprint density at radius 1 is 1.42 bits per heavy atom. The zero-order valence-corrected chi connectivity index (χ0v) is 7.06. The van der Waals surface area contributed by atoms with Crippen LogP contribution in [0.2, 0.25) is 0 Å². The number of aliphatic hydroxyl groups is 2. The highest BCUT2D eigenvalue weighted by atomic mass is 19.3. The number of nitrogens with one attached hydrogen (secondary N) is 1. The van der Waals surface area contributed by atoms with Crippen LogP contribution in [0, 0.1) is 5.92 Å². The maximum absolute atomic E-state index is 12.6. The van der Waals surface area contributed by atoms with E-state index in [1.165, 1.54) is 0 Å². The van der Waals surface area contributed by atoms with Crippen molar-refractivity contribution in [1.29, 1.82) is 0 Å². The Morgan fingerprint density at radius 2 is 2.00 bits per heavy atom. The van der Waals surface area contributed by atoms with Crippen molar-refractivity contribution in [2.24, 2.45) is 5.92 Å². The first kappa shape index (κ1) is 11.7. The van der Waals surface area contributed by atoms with Gasteiger partial charge in [-0.2, -0.15) is 0 Å². The quantitative estimate of drug-likeness (QED) is 0.501. The summed E-state index contributed by atoms with van der Waals surface area (Å²) in [5.74, 6) is -3.96. The largest absolute Gasteiger partial charge is 0.396 e. The molecule has 0 bridgehead atoms. The number of hydrogen-bond donors (Lipinski definition) is 3. The van der Waals surface area contributed by atoms with Crippen molar-refractivity contribution in [3.63, 3.8) is 0 Å². The molecule has 0 aromatic rings. The predicted octanol–water partition coefficient (Wildman–Crippen LogP) is -0.168. The third-order valence-corrected chi connectivity index (χ3v) is 1.62. The van der Waals surface area contributed by atoms with E-state index in [-0.39, 0.29) is 19.7 Å². The van der Waals surface area contributed by atoms with E-state index < -0.39 is 18.4 Å². The summed E-state index contributed by atoms with van der Waals surface area (Å²) < 4.78 is 25.1. The number of alkyl halides is 2. The normalized spacial score (nSPS) is 14.8. The van der Waals surface area contributed by atoms with Gasteiger partial charge in [-0.1, -0.05) is 0 Å². The summed E-state index contributed by atoms with van der Waals surface area (Å²) in [6.07, 6.45) is 0. The molecule has 0 aliphatic rings. The number of aliphatic hydroxyl groups excluding tert-OH is 2. The fraction of sp³-hybridized carbons (Fsp3) is 1.00. The zero-order chi connectivity index (χ0) is 9.61. The van der Waals surface area contributed by atoms with Crippen molar-refractivity contribution in [1.82, 2.24) is 5.32 Å². The first-order chi connectivity index (χ1) is 5.52. The lowest BCUT2D eigenvalue weighted by molar-refractivity contribution is -0.0581. The van der Waals surface area contributed by atoms with Gasteiger partial charge in [-0.15, -0.1) is 0 Å². The lowest BCUT2D eigenvalue weighted by Crippen LogP contribution is -2.37. The van der Waals surface area contributed by atoms with Crippen LogP contribution in [-0.2, 0) is 0 Å². The Labute approximate surface area is 70.4 Å². The van der Waals surface area contributed by atoms with Gasteiger partial charge in [0, 0.05) is 13.1 Å². The lowest BCUT2D eigenvalue weighted by atomic mass is 10.0. The van der Waals surface area contributed by atoms with Gasteiger partial charge in [-0.05, 0) is 6.92 Å². The summed E-state index contributed by atoms with van der Waals surface area (Å²) in [6, 6.07) is 0. The van der Waals surface area contributed by atoms with Crippen LogP contribution in [-0.4, -0.2) is 42.4 Å². The van der Waals surface area contributed by atoms with Crippen molar-refractivity contribution in [3.05, 3.63) is 0 Å². The van der Waals surface area contributed by atoms with Gasteiger partial charge in [0.25, 0.3) is 5.92 Å². The van der Waals surface area contributed by atoms with Gasteiger partial charge < -0.3 is 15.5 Å². The van der Waals surface area contributed by atoms with Gasteiger partial charge >= 0.3 is 0 Å². The lowest BCUT2D eigenvalue weighted by Gasteiger charge is -2.21. The fourth-order valence-corrected chi connectivity index (χ4v) is 0.759. The minimum atomic E-state index is -2.88. The number of hydrogen-bond acceptors (Lipinski definition) is 3. The highest BCUT2D eigenvalue weighted by Gasteiger charge is 2.32. The molecule has 0 heterocycles. The molecule has 0 amide bonds. The Morgan fingerprint density at radius 3 is 2.33 bits per heavy atom. The van der Waals surface area contributed by atoms with Crippen LogP contribution in [0.25, 0.3) is 0 Å². The van der Waals surface area contributed by atoms with Crippen molar-refractivity contribution < 1.29 is 19.0 Å². The molecule has 0 aromatic carbocycles. The van der Waals surface area contributed by atoms with E-state index in [1.807, 2.05) is 0 Å². The molecule has 3 nitrogen and oxygen atoms in total. The third-order valence-electron chi connectivity index (χ3n) is 1.62. The highest BCUT2D eigenvalue weighted by Crippen LogP contribution is 2.22. The Balaban J connectivity index is 3.68. The summed E-state index contributed by atoms with van der Waals surface area (Å²) in [5, 5.41) is 19.5. The second-order valence-corrected chi connectivity index (χ2v) is 2.76. The van der Waals surface area contributed by atoms with E-state index in [4.69, 9.17) is 10.2 Å². The van der Waals surface area contributed by atoms with Crippen LogP contribution in [0.4, 0.5) is 8.78 Å². The molecule has 0 rings (SSSR count). The van der Waals surface area contributed by atoms with Gasteiger partial charge in [0.2, 0.25) is 0 Å². The summed E-state index contributed by atoms with van der Waals surface area (Å²) >= 11 is 0. The first-order valence-corrected chi connectivity index (χ1v) is 3.82.